The topological polar surface area (TPSA) is 63.2 Å². The maximum Gasteiger partial charge on any atom is 0.321 e. The van der Waals surface area contributed by atoms with Crippen molar-refractivity contribution in [1.29, 1.82) is 0 Å². The van der Waals surface area contributed by atoms with Crippen molar-refractivity contribution in [2.75, 3.05) is 25.3 Å². The van der Waals surface area contributed by atoms with Crippen LogP contribution < -0.4 is 23.7 Å². The first-order valence-electron chi connectivity index (χ1n) is 9.40. The van der Waals surface area contributed by atoms with Crippen LogP contribution in [0.2, 0.25) is 0 Å². The van der Waals surface area contributed by atoms with Gasteiger partial charge in [-0.15, -0.1) is 0 Å². The molecular weight excluding hydrogens is 499 g/mol. The molecule has 0 spiro atoms. The summed E-state index contributed by atoms with van der Waals surface area (Å²) < 4.78 is 27.8. The van der Waals surface area contributed by atoms with Crippen molar-refractivity contribution in [2.24, 2.45) is 0 Å². The second-order valence-electron chi connectivity index (χ2n) is 6.32. The van der Waals surface area contributed by atoms with Crippen LogP contribution >= 0.6 is 22.6 Å². The van der Waals surface area contributed by atoms with Crippen LogP contribution in [0.15, 0.2) is 30.3 Å². The fourth-order valence-electron chi connectivity index (χ4n) is 2.54. The van der Waals surface area contributed by atoms with Gasteiger partial charge in [-0.1, -0.05) is 34.4 Å². The summed E-state index contributed by atoms with van der Waals surface area (Å²) in [6, 6.07) is 8.77. The standard InChI is InChI=1S/C23H25IO6/c1-6-28-21-11-16(8-10-18(21)26-4)7-9-17-12-20(27-5)22(29-15(2)3)13-19(17)30-23(25)14-24/h8,10-13,15H,6,14H2,1-5H3. The first-order chi connectivity index (χ1) is 14.4. The van der Waals surface area contributed by atoms with E-state index in [4.69, 9.17) is 23.7 Å². The average Bonchev–Trinajstić information content (AvgIpc) is 2.73. The first kappa shape index (κ1) is 23.7. The molecule has 160 valence electrons. The Labute approximate surface area is 190 Å². The minimum Gasteiger partial charge on any atom is -0.493 e. The molecule has 0 bridgehead atoms. The van der Waals surface area contributed by atoms with Gasteiger partial charge in [0.1, 0.15) is 5.75 Å². The van der Waals surface area contributed by atoms with Gasteiger partial charge in [0, 0.05) is 17.7 Å². The molecule has 6 nitrogen and oxygen atoms in total. The number of rotatable bonds is 8. The Balaban J connectivity index is 2.50. The summed E-state index contributed by atoms with van der Waals surface area (Å²) in [7, 11) is 3.14. The van der Waals surface area contributed by atoms with Gasteiger partial charge in [-0.25, -0.2) is 0 Å². The van der Waals surface area contributed by atoms with E-state index in [0.29, 0.717) is 40.9 Å². The van der Waals surface area contributed by atoms with Gasteiger partial charge in [-0.2, -0.15) is 0 Å². The monoisotopic (exact) mass is 524 g/mol. The van der Waals surface area contributed by atoms with Crippen LogP contribution in [0.4, 0.5) is 0 Å². The maximum atomic E-state index is 11.9. The largest absolute Gasteiger partial charge is 0.493 e. The SMILES string of the molecule is CCOc1cc(C#Cc2cc(OC)c(OC(C)C)cc2OC(=O)CI)ccc1OC. The summed E-state index contributed by atoms with van der Waals surface area (Å²) in [5, 5.41) is 0. The summed E-state index contributed by atoms with van der Waals surface area (Å²) in [5.41, 5.74) is 1.24. The van der Waals surface area contributed by atoms with E-state index < -0.39 is 0 Å². The van der Waals surface area contributed by atoms with Crippen LogP contribution in [0.1, 0.15) is 31.9 Å². The lowest BCUT2D eigenvalue weighted by molar-refractivity contribution is -0.131. The Bertz CT molecular complexity index is 943. The molecular formula is C23H25IO6. The van der Waals surface area contributed by atoms with E-state index in [1.54, 1.807) is 38.5 Å². The van der Waals surface area contributed by atoms with Crippen molar-refractivity contribution in [3.05, 3.63) is 41.5 Å². The van der Waals surface area contributed by atoms with Crippen LogP contribution in [-0.2, 0) is 4.79 Å². The third-order valence-corrected chi connectivity index (χ3v) is 4.39. The summed E-state index contributed by atoms with van der Waals surface area (Å²) in [4.78, 5) is 11.9. The van der Waals surface area contributed by atoms with Crippen molar-refractivity contribution < 1.29 is 28.5 Å². The number of alkyl halides is 1. The average molecular weight is 524 g/mol. The molecule has 7 heteroatoms. The molecule has 0 heterocycles. The van der Waals surface area contributed by atoms with Crippen LogP contribution in [0, 0.1) is 11.8 Å². The Morgan fingerprint density at radius 1 is 0.967 bits per heavy atom. The molecule has 30 heavy (non-hydrogen) atoms. The second kappa shape index (κ2) is 11.6. The van der Waals surface area contributed by atoms with Crippen molar-refractivity contribution in [1.82, 2.24) is 0 Å². The Kier molecular flexibility index (Phi) is 9.12. The first-order valence-corrected chi connectivity index (χ1v) is 10.9. The number of ether oxygens (including phenoxy) is 5. The number of carbonyl (C=O) groups is 1. The highest BCUT2D eigenvalue weighted by atomic mass is 127. The molecule has 0 aliphatic heterocycles. The zero-order chi connectivity index (χ0) is 22.1. The van der Waals surface area contributed by atoms with Gasteiger partial charge in [0.15, 0.2) is 23.0 Å². The van der Waals surface area contributed by atoms with E-state index in [0.717, 1.165) is 5.56 Å². The van der Waals surface area contributed by atoms with Gasteiger partial charge in [0.05, 0.1) is 36.9 Å². The van der Waals surface area contributed by atoms with Gasteiger partial charge >= 0.3 is 5.97 Å². The molecule has 2 aromatic carbocycles. The van der Waals surface area contributed by atoms with Crippen molar-refractivity contribution >= 4 is 28.6 Å². The van der Waals surface area contributed by atoms with Crippen LogP contribution in [0.3, 0.4) is 0 Å². The lowest BCUT2D eigenvalue weighted by Crippen LogP contribution is -2.11. The minimum absolute atomic E-state index is 0.0692. The molecule has 0 fully saturated rings. The summed E-state index contributed by atoms with van der Waals surface area (Å²) in [6.07, 6.45) is -0.0692. The molecule has 0 atom stereocenters. The molecule has 2 aromatic rings. The predicted octanol–water partition coefficient (Wildman–Crippen LogP) is 4.63. The number of halogens is 1. The molecule has 0 aromatic heterocycles. The zero-order valence-corrected chi connectivity index (χ0v) is 19.9. The minimum atomic E-state index is -0.373. The van der Waals surface area contributed by atoms with Gasteiger partial charge in [-0.3, -0.25) is 4.79 Å². The summed E-state index contributed by atoms with van der Waals surface area (Å²) in [6.45, 7) is 6.23. The van der Waals surface area contributed by atoms with Gasteiger partial charge < -0.3 is 23.7 Å². The van der Waals surface area contributed by atoms with E-state index in [1.165, 1.54) is 0 Å². The zero-order valence-electron chi connectivity index (χ0n) is 17.7. The lowest BCUT2D eigenvalue weighted by atomic mass is 10.1. The molecule has 0 radical (unpaired) electrons. The van der Waals surface area contributed by atoms with E-state index in [2.05, 4.69) is 11.8 Å². The van der Waals surface area contributed by atoms with Crippen LogP contribution in [-0.4, -0.2) is 37.3 Å². The molecule has 0 aliphatic rings. The Hall–Kier alpha value is -2.60. The molecule has 0 saturated carbocycles. The van der Waals surface area contributed by atoms with E-state index in [1.807, 2.05) is 49.4 Å². The predicted molar refractivity (Wildman–Crippen MR) is 123 cm³/mol. The summed E-state index contributed by atoms with van der Waals surface area (Å²) >= 11 is 1.95. The number of benzene rings is 2. The van der Waals surface area contributed by atoms with E-state index >= 15 is 0 Å². The highest BCUT2D eigenvalue weighted by Crippen LogP contribution is 2.35. The smallest absolute Gasteiger partial charge is 0.321 e. The molecule has 0 N–H and O–H groups in total. The van der Waals surface area contributed by atoms with E-state index in [-0.39, 0.29) is 16.5 Å². The fourth-order valence-corrected chi connectivity index (χ4v) is 2.70. The number of esters is 1. The normalized spacial score (nSPS) is 10.1. The number of carbonyl (C=O) groups excluding carboxylic acids is 1. The Morgan fingerprint density at radius 2 is 1.70 bits per heavy atom. The maximum absolute atomic E-state index is 11.9. The van der Waals surface area contributed by atoms with Crippen molar-refractivity contribution in [3.63, 3.8) is 0 Å². The second-order valence-corrected chi connectivity index (χ2v) is 7.08. The molecule has 0 unspecified atom stereocenters. The Morgan fingerprint density at radius 3 is 2.30 bits per heavy atom. The third kappa shape index (κ3) is 6.46. The highest BCUT2D eigenvalue weighted by Gasteiger charge is 2.15. The van der Waals surface area contributed by atoms with Gasteiger partial charge in [0.2, 0.25) is 0 Å². The highest BCUT2D eigenvalue weighted by molar-refractivity contribution is 14.1. The number of hydrogen-bond acceptors (Lipinski definition) is 6. The van der Waals surface area contributed by atoms with Gasteiger partial charge in [0.25, 0.3) is 0 Å². The van der Waals surface area contributed by atoms with Gasteiger partial charge in [-0.05, 0) is 39.0 Å². The number of hydrogen-bond donors (Lipinski definition) is 0. The molecule has 0 amide bonds. The molecule has 0 saturated heterocycles. The quantitative estimate of drug-likeness (QED) is 0.165. The lowest BCUT2D eigenvalue weighted by Gasteiger charge is -2.16. The third-order valence-electron chi connectivity index (χ3n) is 3.77. The molecule has 0 aliphatic carbocycles. The number of methoxy groups -OCH3 is 2. The van der Waals surface area contributed by atoms with Crippen LogP contribution in [0.5, 0.6) is 28.7 Å². The van der Waals surface area contributed by atoms with E-state index in [9.17, 15) is 4.79 Å². The summed E-state index contributed by atoms with van der Waals surface area (Å²) in [5.74, 6) is 8.32. The molecule has 2 rings (SSSR count). The van der Waals surface area contributed by atoms with Crippen molar-refractivity contribution in [3.8, 4) is 40.6 Å². The van der Waals surface area contributed by atoms with Crippen molar-refractivity contribution in [2.45, 2.75) is 26.9 Å². The fraction of sp³-hybridized carbons (Fsp3) is 0.348. The van der Waals surface area contributed by atoms with Crippen LogP contribution in [0.25, 0.3) is 0 Å².